The van der Waals surface area contributed by atoms with Crippen LogP contribution in [0.5, 0.6) is 0 Å². The standard InChI is InChI=1S/C20H27N3O3/c1-14(24)23-11-10-15-8-6-7-9-16(15)17(23)12-19(26)22(5)13-18(25)21-20(2,3)4/h6-11,17H,12-13H2,1-5H3,(H,21,25)/t17-/m0/s1. The summed E-state index contributed by atoms with van der Waals surface area (Å²) in [6.07, 6.45) is 3.72. The maximum Gasteiger partial charge on any atom is 0.240 e. The molecule has 0 aromatic heterocycles. The fraction of sp³-hybridized carbons (Fsp3) is 0.450. The third kappa shape index (κ3) is 4.94. The molecule has 1 N–H and O–H groups in total. The van der Waals surface area contributed by atoms with E-state index >= 15 is 0 Å². The van der Waals surface area contributed by atoms with Gasteiger partial charge in [0.05, 0.1) is 19.0 Å². The Morgan fingerprint density at radius 3 is 2.46 bits per heavy atom. The van der Waals surface area contributed by atoms with Gasteiger partial charge in [-0.25, -0.2) is 0 Å². The molecule has 3 amide bonds. The fourth-order valence-corrected chi connectivity index (χ4v) is 3.00. The van der Waals surface area contributed by atoms with Crippen molar-refractivity contribution in [2.24, 2.45) is 0 Å². The van der Waals surface area contributed by atoms with Crippen molar-refractivity contribution < 1.29 is 14.4 Å². The molecule has 6 heteroatoms. The van der Waals surface area contributed by atoms with Crippen molar-refractivity contribution in [2.45, 2.75) is 45.7 Å². The van der Waals surface area contributed by atoms with E-state index in [0.717, 1.165) is 11.1 Å². The molecule has 1 aliphatic rings. The highest BCUT2D eigenvalue weighted by molar-refractivity contribution is 5.86. The van der Waals surface area contributed by atoms with Gasteiger partial charge in [-0.1, -0.05) is 24.3 Å². The van der Waals surface area contributed by atoms with Crippen LogP contribution in [-0.4, -0.2) is 46.7 Å². The summed E-state index contributed by atoms with van der Waals surface area (Å²) in [4.78, 5) is 39.7. The zero-order valence-electron chi connectivity index (χ0n) is 16.1. The minimum atomic E-state index is -0.366. The molecule has 2 rings (SSSR count). The molecule has 0 saturated carbocycles. The van der Waals surface area contributed by atoms with Crippen LogP contribution in [0.15, 0.2) is 30.5 Å². The van der Waals surface area contributed by atoms with Crippen LogP contribution in [0.25, 0.3) is 6.08 Å². The number of fused-ring (bicyclic) bond motifs is 1. The van der Waals surface area contributed by atoms with Gasteiger partial charge in [-0.15, -0.1) is 0 Å². The molecule has 1 atom stereocenters. The first-order valence-electron chi connectivity index (χ1n) is 8.69. The molecule has 140 valence electrons. The topological polar surface area (TPSA) is 69.7 Å². The summed E-state index contributed by atoms with van der Waals surface area (Å²) < 4.78 is 0. The summed E-state index contributed by atoms with van der Waals surface area (Å²) in [5.41, 5.74) is 1.58. The van der Waals surface area contributed by atoms with Crippen LogP contribution in [0.2, 0.25) is 0 Å². The van der Waals surface area contributed by atoms with Crippen LogP contribution in [0.3, 0.4) is 0 Å². The van der Waals surface area contributed by atoms with Gasteiger partial charge in [0.2, 0.25) is 17.7 Å². The highest BCUT2D eigenvalue weighted by Crippen LogP contribution is 2.33. The fourth-order valence-electron chi connectivity index (χ4n) is 3.00. The second-order valence-corrected chi connectivity index (χ2v) is 7.64. The minimum Gasteiger partial charge on any atom is -0.350 e. The van der Waals surface area contributed by atoms with E-state index < -0.39 is 0 Å². The van der Waals surface area contributed by atoms with Gasteiger partial charge in [-0.3, -0.25) is 14.4 Å². The molecule has 1 heterocycles. The molecule has 1 aromatic carbocycles. The number of hydrogen-bond donors (Lipinski definition) is 1. The van der Waals surface area contributed by atoms with E-state index in [1.807, 2.05) is 51.1 Å². The number of carbonyl (C=O) groups is 3. The van der Waals surface area contributed by atoms with Crippen LogP contribution in [0.1, 0.15) is 51.3 Å². The second kappa shape index (κ2) is 7.72. The summed E-state index contributed by atoms with van der Waals surface area (Å²) in [6.45, 7) is 7.14. The van der Waals surface area contributed by atoms with Crippen LogP contribution < -0.4 is 5.32 Å². The summed E-state index contributed by atoms with van der Waals surface area (Å²) in [6, 6.07) is 7.34. The lowest BCUT2D eigenvalue weighted by molar-refractivity contribution is -0.137. The molecule has 26 heavy (non-hydrogen) atoms. The first kappa shape index (κ1) is 19.7. The van der Waals surface area contributed by atoms with Crippen LogP contribution in [-0.2, 0) is 14.4 Å². The highest BCUT2D eigenvalue weighted by Gasteiger charge is 2.29. The van der Waals surface area contributed by atoms with Crippen LogP contribution >= 0.6 is 0 Å². The predicted octanol–water partition coefficient (Wildman–Crippen LogP) is 2.32. The monoisotopic (exact) mass is 357 g/mol. The summed E-state index contributed by atoms with van der Waals surface area (Å²) in [5.74, 6) is -0.516. The Balaban J connectivity index is 2.11. The normalized spacial score (nSPS) is 16.0. The van der Waals surface area contributed by atoms with Gasteiger partial charge in [-0.2, -0.15) is 0 Å². The molecular formula is C20H27N3O3. The quantitative estimate of drug-likeness (QED) is 0.899. The maximum absolute atomic E-state index is 12.7. The smallest absolute Gasteiger partial charge is 0.240 e. The molecule has 0 saturated heterocycles. The minimum absolute atomic E-state index is 0.0135. The van der Waals surface area contributed by atoms with Crippen molar-refractivity contribution in [3.05, 3.63) is 41.6 Å². The van der Waals surface area contributed by atoms with Gasteiger partial charge in [-0.05, 0) is 38.0 Å². The van der Waals surface area contributed by atoms with Crippen molar-refractivity contribution in [1.82, 2.24) is 15.1 Å². The molecule has 0 bridgehead atoms. The average Bonchev–Trinajstić information content (AvgIpc) is 2.52. The van der Waals surface area contributed by atoms with Crippen molar-refractivity contribution in [3.8, 4) is 0 Å². The van der Waals surface area contributed by atoms with E-state index in [0.29, 0.717) is 0 Å². The molecule has 0 aliphatic carbocycles. The summed E-state index contributed by atoms with van der Waals surface area (Å²) in [5, 5.41) is 2.84. The molecule has 1 aromatic rings. The molecule has 0 radical (unpaired) electrons. The Labute approximate surface area is 154 Å². The van der Waals surface area contributed by atoms with E-state index in [2.05, 4.69) is 5.32 Å². The lowest BCUT2D eigenvalue weighted by Gasteiger charge is -2.33. The highest BCUT2D eigenvalue weighted by atomic mass is 16.2. The van der Waals surface area contributed by atoms with Crippen molar-refractivity contribution in [3.63, 3.8) is 0 Å². The number of likely N-dealkylation sites (N-methyl/N-ethyl adjacent to an activating group) is 1. The SMILES string of the molecule is CC(=O)N1C=Cc2ccccc2[C@@H]1CC(=O)N(C)CC(=O)NC(C)(C)C. The van der Waals surface area contributed by atoms with Crippen molar-refractivity contribution in [1.29, 1.82) is 0 Å². The van der Waals surface area contributed by atoms with Gasteiger partial charge in [0, 0.05) is 25.7 Å². The Hall–Kier alpha value is -2.63. The van der Waals surface area contributed by atoms with Gasteiger partial charge in [0.15, 0.2) is 0 Å². The number of benzene rings is 1. The molecule has 6 nitrogen and oxygen atoms in total. The first-order chi connectivity index (χ1) is 12.1. The Kier molecular flexibility index (Phi) is 5.85. The Morgan fingerprint density at radius 2 is 1.85 bits per heavy atom. The van der Waals surface area contributed by atoms with E-state index in [4.69, 9.17) is 0 Å². The Morgan fingerprint density at radius 1 is 1.19 bits per heavy atom. The predicted molar refractivity (Wildman–Crippen MR) is 101 cm³/mol. The lowest BCUT2D eigenvalue weighted by Crippen LogP contribution is -2.46. The van der Waals surface area contributed by atoms with Gasteiger partial charge in [0.1, 0.15) is 0 Å². The average molecular weight is 357 g/mol. The van der Waals surface area contributed by atoms with Crippen molar-refractivity contribution >= 4 is 23.8 Å². The summed E-state index contributed by atoms with van der Waals surface area (Å²) >= 11 is 0. The maximum atomic E-state index is 12.7. The van der Waals surface area contributed by atoms with E-state index in [9.17, 15) is 14.4 Å². The summed E-state index contributed by atoms with van der Waals surface area (Å²) in [7, 11) is 1.60. The zero-order valence-corrected chi connectivity index (χ0v) is 16.1. The molecule has 1 aliphatic heterocycles. The largest absolute Gasteiger partial charge is 0.350 e. The second-order valence-electron chi connectivity index (χ2n) is 7.64. The van der Waals surface area contributed by atoms with E-state index in [-0.39, 0.29) is 42.3 Å². The molecule has 0 spiro atoms. The van der Waals surface area contributed by atoms with Gasteiger partial charge >= 0.3 is 0 Å². The van der Waals surface area contributed by atoms with Gasteiger partial charge in [0.25, 0.3) is 0 Å². The van der Waals surface area contributed by atoms with E-state index in [1.54, 1.807) is 18.1 Å². The number of hydrogen-bond acceptors (Lipinski definition) is 3. The van der Waals surface area contributed by atoms with Crippen molar-refractivity contribution in [2.75, 3.05) is 13.6 Å². The molecular weight excluding hydrogens is 330 g/mol. The first-order valence-corrected chi connectivity index (χ1v) is 8.69. The number of carbonyl (C=O) groups excluding carboxylic acids is 3. The Bertz CT molecular complexity index is 734. The molecule has 0 fully saturated rings. The number of rotatable bonds is 4. The van der Waals surface area contributed by atoms with Gasteiger partial charge < -0.3 is 15.1 Å². The zero-order chi connectivity index (χ0) is 19.5. The van der Waals surface area contributed by atoms with E-state index in [1.165, 1.54) is 11.8 Å². The number of nitrogens with one attached hydrogen (secondary N) is 1. The number of nitrogens with zero attached hydrogens (tertiary/aromatic N) is 2. The molecule has 0 unspecified atom stereocenters. The van der Waals surface area contributed by atoms with Crippen LogP contribution in [0, 0.1) is 0 Å². The third-order valence-corrected chi connectivity index (χ3v) is 4.16. The van der Waals surface area contributed by atoms with Crippen LogP contribution in [0.4, 0.5) is 0 Å². The number of amides is 3. The third-order valence-electron chi connectivity index (χ3n) is 4.16. The lowest BCUT2D eigenvalue weighted by atomic mass is 9.93.